The van der Waals surface area contributed by atoms with Gasteiger partial charge in [0.25, 0.3) is 0 Å². The van der Waals surface area contributed by atoms with Gasteiger partial charge in [0.1, 0.15) is 11.5 Å². The summed E-state index contributed by atoms with van der Waals surface area (Å²) in [5.41, 5.74) is 1.24. The Labute approximate surface area is 230 Å². The van der Waals surface area contributed by atoms with E-state index in [2.05, 4.69) is 16.9 Å². The van der Waals surface area contributed by atoms with Crippen molar-refractivity contribution in [3.05, 3.63) is 83.6 Å². The summed E-state index contributed by atoms with van der Waals surface area (Å²) in [6.45, 7) is 4.06. The van der Waals surface area contributed by atoms with Crippen molar-refractivity contribution >= 4 is 28.9 Å². The van der Waals surface area contributed by atoms with Crippen LogP contribution in [0.15, 0.2) is 55.3 Å². The number of nitrogens with one attached hydrogen (secondary N) is 1. The maximum absolute atomic E-state index is 15.5. The van der Waals surface area contributed by atoms with Crippen molar-refractivity contribution in [1.29, 1.82) is 0 Å². The van der Waals surface area contributed by atoms with Crippen LogP contribution in [0.3, 0.4) is 0 Å². The van der Waals surface area contributed by atoms with E-state index in [1.165, 1.54) is 20.3 Å². The van der Waals surface area contributed by atoms with Gasteiger partial charge in [0, 0.05) is 37.6 Å². The number of hydrogen-bond acceptors (Lipinski definition) is 7. The SMILES string of the molecule is C=CC(=O)Cc1ccccc1Nc1cc2c(cn1)CN(c1c(F)c(OC)cc(OC)c1F)C(=O)C21CCOCC1. The Balaban J connectivity index is 1.59. The van der Waals surface area contributed by atoms with Gasteiger partial charge >= 0.3 is 0 Å². The molecule has 3 heterocycles. The number of ether oxygens (including phenoxy) is 3. The first-order valence-corrected chi connectivity index (χ1v) is 12.8. The highest BCUT2D eigenvalue weighted by atomic mass is 19.1. The highest BCUT2D eigenvalue weighted by Crippen LogP contribution is 2.47. The minimum atomic E-state index is -1.08. The van der Waals surface area contributed by atoms with Gasteiger partial charge in [-0.15, -0.1) is 0 Å². The van der Waals surface area contributed by atoms with Crippen LogP contribution >= 0.6 is 0 Å². The first kappa shape index (κ1) is 27.3. The number of benzene rings is 2. The lowest BCUT2D eigenvalue weighted by Gasteiger charge is -2.45. The maximum Gasteiger partial charge on any atom is 0.238 e. The van der Waals surface area contributed by atoms with Gasteiger partial charge < -0.3 is 24.4 Å². The Morgan fingerprint density at radius 3 is 2.48 bits per heavy atom. The van der Waals surface area contributed by atoms with Gasteiger partial charge in [-0.3, -0.25) is 9.59 Å². The minimum absolute atomic E-state index is 0.0986. The normalized spacial score (nSPS) is 15.9. The number of rotatable bonds is 8. The van der Waals surface area contributed by atoms with Crippen molar-refractivity contribution < 1.29 is 32.6 Å². The van der Waals surface area contributed by atoms with Gasteiger partial charge in [-0.05, 0) is 47.7 Å². The van der Waals surface area contributed by atoms with Gasteiger partial charge in [0.15, 0.2) is 28.9 Å². The topological polar surface area (TPSA) is 90.0 Å². The highest BCUT2D eigenvalue weighted by molar-refractivity contribution is 6.03. The number of carbonyl (C=O) groups is 2. The molecule has 5 rings (SSSR count). The Kier molecular flexibility index (Phi) is 7.53. The molecule has 1 N–H and O–H groups in total. The van der Waals surface area contributed by atoms with Crippen LogP contribution in [0, 0.1) is 11.6 Å². The molecule has 0 aliphatic carbocycles. The number of fused-ring (bicyclic) bond motifs is 2. The van der Waals surface area contributed by atoms with E-state index in [9.17, 15) is 9.59 Å². The van der Waals surface area contributed by atoms with Gasteiger partial charge in [-0.2, -0.15) is 0 Å². The number of amides is 1. The first-order chi connectivity index (χ1) is 19.3. The average molecular weight is 550 g/mol. The van der Waals surface area contributed by atoms with E-state index in [1.54, 1.807) is 12.3 Å². The largest absolute Gasteiger partial charge is 0.493 e. The number of hydrogen-bond donors (Lipinski definition) is 1. The highest BCUT2D eigenvalue weighted by Gasteiger charge is 2.50. The van der Waals surface area contributed by atoms with Gasteiger partial charge in [-0.1, -0.05) is 24.8 Å². The van der Waals surface area contributed by atoms with Crippen LogP contribution < -0.4 is 19.7 Å². The molecule has 40 heavy (non-hydrogen) atoms. The smallest absolute Gasteiger partial charge is 0.238 e. The summed E-state index contributed by atoms with van der Waals surface area (Å²) in [6, 6.07) is 10.3. The van der Waals surface area contributed by atoms with Crippen molar-refractivity contribution in [2.45, 2.75) is 31.2 Å². The summed E-state index contributed by atoms with van der Waals surface area (Å²) in [4.78, 5) is 31.9. The fourth-order valence-corrected chi connectivity index (χ4v) is 5.43. The van der Waals surface area contributed by atoms with E-state index in [0.29, 0.717) is 43.1 Å². The van der Waals surface area contributed by atoms with Crippen molar-refractivity contribution in [3.8, 4) is 11.5 Å². The summed E-state index contributed by atoms with van der Waals surface area (Å²) >= 11 is 0. The number of ketones is 1. The second-order valence-electron chi connectivity index (χ2n) is 9.70. The lowest BCUT2D eigenvalue weighted by molar-refractivity contribution is -0.128. The standard InChI is InChI=1S/C30H29F2N3O5/c1-4-20(36)13-18-7-5-6-8-22(18)34-25-14-21-19(16-33-25)17-35(29(37)30(21)9-11-40-12-10-30)28-26(31)23(38-2)15-24(39-3)27(28)32/h4-8,14-16H,1,9-13,17H2,2-3H3,(H,33,34). The van der Waals surface area contributed by atoms with E-state index in [-0.39, 0.29) is 30.2 Å². The zero-order valence-electron chi connectivity index (χ0n) is 22.3. The van der Waals surface area contributed by atoms with Crippen LogP contribution in [0.4, 0.5) is 26.0 Å². The van der Waals surface area contributed by atoms with Crippen LogP contribution in [-0.2, 0) is 32.7 Å². The van der Waals surface area contributed by atoms with Crippen LogP contribution in [0.1, 0.15) is 29.5 Å². The number of halogens is 2. The van der Waals surface area contributed by atoms with Crippen LogP contribution in [0.25, 0.3) is 0 Å². The minimum Gasteiger partial charge on any atom is -0.493 e. The molecule has 3 aromatic rings. The zero-order chi connectivity index (χ0) is 28.4. The number of nitrogens with zero attached hydrogens (tertiary/aromatic N) is 2. The molecule has 1 aromatic heterocycles. The Morgan fingerprint density at radius 2 is 1.82 bits per heavy atom. The number of carbonyl (C=O) groups excluding carboxylic acids is 2. The number of allylic oxidation sites excluding steroid dienone is 1. The summed E-state index contributed by atoms with van der Waals surface area (Å²) in [5.74, 6) is -2.53. The second kappa shape index (κ2) is 11.1. The van der Waals surface area contributed by atoms with E-state index in [4.69, 9.17) is 14.2 Å². The van der Waals surface area contributed by atoms with Gasteiger partial charge in [-0.25, -0.2) is 13.8 Å². The molecule has 8 nitrogen and oxygen atoms in total. The molecular formula is C30H29F2N3O5. The number of aromatic nitrogens is 1. The molecule has 0 unspecified atom stereocenters. The third kappa shape index (κ3) is 4.68. The maximum atomic E-state index is 15.5. The molecule has 2 aromatic carbocycles. The lowest BCUT2D eigenvalue weighted by Crippen LogP contribution is -2.54. The molecule has 2 aliphatic heterocycles. The summed E-state index contributed by atoms with van der Waals surface area (Å²) in [6.07, 6.45) is 3.72. The fraction of sp³-hybridized carbons (Fsp3) is 0.300. The molecule has 1 saturated heterocycles. The third-order valence-electron chi connectivity index (χ3n) is 7.52. The fourth-order valence-electron chi connectivity index (χ4n) is 5.43. The van der Waals surface area contributed by atoms with Crippen molar-refractivity contribution in [2.75, 3.05) is 37.7 Å². The van der Waals surface area contributed by atoms with E-state index in [0.717, 1.165) is 22.1 Å². The quantitative estimate of drug-likeness (QED) is 0.395. The number of pyridine rings is 1. The number of anilines is 3. The predicted octanol–water partition coefficient (Wildman–Crippen LogP) is 5.01. The van der Waals surface area contributed by atoms with Crippen molar-refractivity contribution in [1.82, 2.24) is 4.98 Å². The predicted molar refractivity (Wildman–Crippen MR) is 145 cm³/mol. The van der Waals surface area contributed by atoms with Gasteiger partial charge in [0.05, 0.1) is 26.2 Å². The molecular weight excluding hydrogens is 520 g/mol. The third-order valence-corrected chi connectivity index (χ3v) is 7.52. The molecule has 2 aliphatic rings. The number of para-hydroxylation sites is 1. The van der Waals surface area contributed by atoms with E-state index < -0.39 is 28.6 Å². The summed E-state index contributed by atoms with van der Waals surface area (Å²) < 4.78 is 46.8. The van der Waals surface area contributed by atoms with Gasteiger partial charge in [0.2, 0.25) is 5.91 Å². The number of methoxy groups -OCH3 is 2. The van der Waals surface area contributed by atoms with Crippen LogP contribution in [0.2, 0.25) is 0 Å². The summed E-state index contributed by atoms with van der Waals surface area (Å²) in [7, 11) is 2.52. The van der Waals surface area contributed by atoms with E-state index >= 15 is 8.78 Å². The molecule has 0 saturated carbocycles. The Bertz CT molecular complexity index is 1460. The average Bonchev–Trinajstić information content (AvgIpc) is 2.97. The Hall–Kier alpha value is -4.31. The monoisotopic (exact) mass is 549 g/mol. The first-order valence-electron chi connectivity index (χ1n) is 12.8. The van der Waals surface area contributed by atoms with Crippen molar-refractivity contribution in [3.63, 3.8) is 0 Å². The molecule has 1 spiro atoms. The molecule has 0 bridgehead atoms. The molecule has 1 fully saturated rings. The molecule has 208 valence electrons. The van der Waals surface area contributed by atoms with E-state index in [1.807, 2.05) is 24.3 Å². The zero-order valence-corrected chi connectivity index (χ0v) is 22.3. The molecule has 10 heteroatoms. The Morgan fingerprint density at radius 1 is 1.15 bits per heavy atom. The van der Waals surface area contributed by atoms with Crippen LogP contribution in [0.5, 0.6) is 11.5 Å². The molecule has 0 radical (unpaired) electrons. The molecule has 0 atom stereocenters. The van der Waals surface area contributed by atoms with Crippen molar-refractivity contribution in [2.24, 2.45) is 0 Å². The van der Waals surface area contributed by atoms with Crippen LogP contribution in [-0.4, -0.2) is 44.1 Å². The lowest BCUT2D eigenvalue weighted by atomic mass is 9.69. The summed E-state index contributed by atoms with van der Waals surface area (Å²) in [5, 5.41) is 3.27. The second-order valence-corrected chi connectivity index (χ2v) is 9.70. The molecule has 1 amide bonds.